The number of nitrogens with one attached hydrogen (secondary N) is 2. The highest BCUT2D eigenvalue weighted by atomic mass is 16.3. The van der Waals surface area contributed by atoms with Crippen LogP contribution >= 0.6 is 0 Å². The van der Waals surface area contributed by atoms with E-state index in [0.717, 1.165) is 5.56 Å². The Morgan fingerprint density at radius 1 is 1.28 bits per heavy atom. The number of fused-ring (bicyclic) bond motifs is 1. The molecule has 0 aliphatic carbocycles. The van der Waals surface area contributed by atoms with Crippen LogP contribution in [-0.2, 0) is 4.79 Å². The number of aromatic nitrogens is 2. The summed E-state index contributed by atoms with van der Waals surface area (Å²) in [5, 5.41) is 13.9. The maximum Gasteiger partial charge on any atom is 0.252 e. The first kappa shape index (κ1) is 20.0. The number of hydrogen-bond acceptors (Lipinski definition) is 6. The number of amides is 2. The summed E-state index contributed by atoms with van der Waals surface area (Å²) in [5.74, 6) is -0.177. The van der Waals surface area contributed by atoms with Gasteiger partial charge in [0, 0.05) is 18.0 Å². The first-order valence-corrected chi connectivity index (χ1v) is 9.24. The Morgan fingerprint density at radius 3 is 2.79 bits per heavy atom. The summed E-state index contributed by atoms with van der Waals surface area (Å²) in [4.78, 5) is 33.4. The lowest BCUT2D eigenvalue weighted by molar-refractivity contribution is -0.123. The number of hydrogen-bond donors (Lipinski definition) is 2. The van der Waals surface area contributed by atoms with Gasteiger partial charge in [-0.3, -0.25) is 14.6 Å². The van der Waals surface area contributed by atoms with E-state index < -0.39 is 11.9 Å². The molecule has 2 amide bonds. The number of rotatable bonds is 7. The van der Waals surface area contributed by atoms with E-state index in [4.69, 9.17) is 9.68 Å². The lowest BCUT2D eigenvalue weighted by atomic mass is 10.0. The molecule has 0 radical (unpaired) electrons. The molecule has 0 bridgehead atoms. The van der Waals surface area contributed by atoms with Crippen LogP contribution in [0.2, 0.25) is 0 Å². The Bertz CT molecular complexity index is 1050. The van der Waals surface area contributed by atoms with Crippen molar-refractivity contribution < 1.29 is 14.0 Å². The van der Waals surface area contributed by atoms with Crippen LogP contribution in [-0.4, -0.2) is 34.4 Å². The van der Waals surface area contributed by atoms with Crippen molar-refractivity contribution in [1.82, 2.24) is 20.6 Å². The van der Waals surface area contributed by atoms with E-state index in [1.165, 1.54) is 0 Å². The zero-order valence-corrected chi connectivity index (χ0v) is 16.2. The SMILES string of the molecule is CC(C)C[C@H](NC(=O)c1ccc2nc(-c3cccnc3)oc2c1)C(=O)NCC#N. The molecular formula is C21H21N5O3. The minimum atomic E-state index is -0.729. The third-order valence-corrected chi connectivity index (χ3v) is 4.23. The second-order valence-electron chi connectivity index (χ2n) is 6.97. The largest absolute Gasteiger partial charge is 0.436 e. The standard InChI is InChI=1S/C21H21N5O3/c1-13(2)10-17(20(28)24-9-7-22)25-19(27)14-5-6-16-18(11-14)29-21(26-16)15-4-3-8-23-12-15/h3-6,8,11-13,17H,9-10H2,1-2H3,(H,24,28)(H,25,27)/t17-/m0/s1. The van der Waals surface area contributed by atoms with Crippen LogP contribution in [0.15, 0.2) is 47.1 Å². The molecule has 2 aromatic heterocycles. The van der Waals surface area contributed by atoms with E-state index in [0.29, 0.717) is 29.0 Å². The maximum absolute atomic E-state index is 12.7. The van der Waals surface area contributed by atoms with Gasteiger partial charge >= 0.3 is 0 Å². The van der Waals surface area contributed by atoms with Gasteiger partial charge in [-0.25, -0.2) is 4.98 Å². The summed E-state index contributed by atoms with van der Waals surface area (Å²) in [6, 6.07) is 9.67. The van der Waals surface area contributed by atoms with Crippen LogP contribution in [0.4, 0.5) is 0 Å². The quantitative estimate of drug-likeness (QED) is 0.597. The van der Waals surface area contributed by atoms with Crippen molar-refractivity contribution in [3.05, 3.63) is 48.3 Å². The van der Waals surface area contributed by atoms with Crippen molar-refractivity contribution in [2.24, 2.45) is 5.92 Å². The van der Waals surface area contributed by atoms with Crippen LogP contribution in [0.3, 0.4) is 0 Å². The van der Waals surface area contributed by atoms with Gasteiger partial charge in [-0.05, 0) is 42.7 Å². The first-order chi connectivity index (χ1) is 14.0. The third-order valence-electron chi connectivity index (χ3n) is 4.23. The van der Waals surface area contributed by atoms with E-state index >= 15 is 0 Å². The highest BCUT2D eigenvalue weighted by molar-refractivity contribution is 5.99. The molecule has 8 nitrogen and oxygen atoms in total. The summed E-state index contributed by atoms with van der Waals surface area (Å²) in [5.41, 5.74) is 2.17. The van der Waals surface area contributed by atoms with Gasteiger partial charge in [0.15, 0.2) is 5.58 Å². The molecule has 0 saturated heterocycles. The monoisotopic (exact) mass is 391 g/mol. The lowest BCUT2D eigenvalue weighted by Crippen LogP contribution is -2.47. The van der Waals surface area contributed by atoms with Gasteiger partial charge in [0.05, 0.1) is 11.6 Å². The Hall–Kier alpha value is -3.73. The van der Waals surface area contributed by atoms with Crippen molar-refractivity contribution >= 4 is 22.9 Å². The van der Waals surface area contributed by atoms with Crippen LogP contribution in [0, 0.1) is 17.2 Å². The fourth-order valence-electron chi connectivity index (χ4n) is 2.87. The minimum absolute atomic E-state index is 0.107. The molecule has 0 saturated carbocycles. The summed E-state index contributed by atoms with van der Waals surface area (Å²) in [6.07, 6.45) is 3.77. The van der Waals surface area contributed by atoms with Gasteiger partial charge in [0.25, 0.3) is 5.91 Å². The average Bonchev–Trinajstić information content (AvgIpc) is 3.15. The molecule has 3 rings (SSSR count). The molecule has 29 heavy (non-hydrogen) atoms. The minimum Gasteiger partial charge on any atom is -0.436 e. The predicted molar refractivity (Wildman–Crippen MR) is 107 cm³/mol. The van der Waals surface area contributed by atoms with Gasteiger partial charge in [0.2, 0.25) is 11.8 Å². The van der Waals surface area contributed by atoms with Crippen LogP contribution in [0.1, 0.15) is 30.6 Å². The van der Waals surface area contributed by atoms with Gasteiger partial charge in [-0.2, -0.15) is 5.26 Å². The molecule has 2 N–H and O–H groups in total. The molecule has 0 fully saturated rings. The van der Waals surface area contributed by atoms with E-state index in [9.17, 15) is 9.59 Å². The second-order valence-corrected chi connectivity index (χ2v) is 6.97. The van der Waals surface area contributed by atoms with E-state index in [-0.39, 0.29) is 18.4 Å². The summed E-state index contributed by atoms with van der Waals surface area (Å²) >= 11 is 0. The maximum atomic E-state index is 12.7. The second kappa shape index (κ2) is 8.97. The molecule has 8 heteroatoms. The summed E-state index contributed by atoms with van der Waals surface area (Å²) in [7, 11) is 0. The van der Waals surface area contributed by atoms with Crippen LogP contribution in [0.25, 0.3) is 22.6 Å². The van der Waals surface area contributed by atoms with Gasteiger partial charge in [-0.1, -0.05) is 13.8 Å². The molecule has 0 aliphatic heterocycles. The number of carbonyl (C=O) groups is 2. The van der Waals surface area contributed by atoms with E-state index in [2.05, 4.69) is 20.6 Å². The average molecular weight is 391 g/mol. The Balaban J connectivity index is 1.80. The molecule has 1 atom stereocenters. The lowest BCUT2D eigenvalue weighted by Gasteiger charge is -2.19. The van der Waals surface area contributed by atoms with Gasteiger partial charge in [-0.15, -0.1) is 0 Å². The number of nitriles is 1. The highest BCUT2D eigenvalue weighted by Crippen LogP contribution is 2.24. The molecular weight excluding hydrogens is 370 g/mol. The van der Waals surface area contributed by atoms with Gasteiger partial charge < -0.3 is 15.1 Å². The van der Waals surface area contributed by atoms with Gasteiger partial charge in [0.1, 0.15) is 18.1 Å². The van der Waals surface area contributed by atoms with Crippen molar-refractivity contribution in [1.29, 1.82) is 5.26 Å². The van der Waals surface area contributed by atoms with Crippen molar-refractivity contribution in [3.8, 4) is 17.5 Å². The molecule has 1 aromatic carbocycles. The Labute approximate surface area is 168 Å². The Morgan fingerprint density at radius 2 is 2.10 bits per heavy atom. The van der Waals surface area contributed by atoms with Crippen LogP contribution in [0.5, 0.6) is 0 Å². The normalized spacial score (nSPS) is 11.8. The number of pyridine rings is 1. The Kier molecular flexibility index (Phi) is 6.19. The first-order valence-electron chi connectivity index (χ1n) is 9.24. The number of nitrogens with zero attached hydrogens (tertiary/aromatic N) is 3. The van der Waals surface area contributed by atoms with Crippen molar-refractivity contribution in [2.45, 2.75) is 26.3 Å². The molecule has 0 unspecified atom stereocenters. The summed E-state index contributed by atoms with van der Waals surface area (Å²) < 4.78 is 5.77. The number of oxazole rings is 1. The summed E-state index contributed by atoms with van der Waals surface area (Å²) in [6.45, 7) is 3.80. The van der Waals surface area contributed by atoms with E-state index in [1.54, 1.807) is 36.7 Å². The zero-order valence-electron chi connectivity index (χ0n) is 16.2. The smallest absolute Gasteiger partial charge is 0.252 e. The highest BCUT2D eigenvalue weighted by Gasteiger charge is 2.22. The molecule has 2 heterocycles. The van der Waals surface area contributed by atoms with Crippen molar-refractivity contribution in [2.75, 3.05) is 6.54 Å². The predicted octanol–water partition coefficient (Wildman–Crippen LogP) is 2.67. The molecule has 0 aliphatic rings. The zero-order chi connectivity index (χ0) is 20.8. The molecule has 148 valence electrons. The fourth-order valence-corrected chi connectivity index (χ4v) is 2.87. The van der Waals surface area contributed by atoms with E-state index in [1.807, 2.05) is 26.0 Å². The fraction of sp³-hybridized carbons (Fsp3) is 0.286. The number of benzene rings is 1. The van der Waals surface area contributed by atoms with Crippen molar-refractivity contribution in [3.63, 3.8) is 0 Å². The molecule has 3 aromatic rings. The van der Waals surface area contributed by atoms with Crippen LogP contribution < -0.4 is 10.6 Å². The third kappa shape index (κ3) is 4.96. The number of carbonyl (C=O) groups excluding carboxylic acids is 2. The molecule has 0 spiro atoms. The topological polar surface area (TPSA) is 121 Å².